The first-order valence-electron chi connectivity index (χ1n) is 10.0. The molecule has 1 amide bonds. The molecule has 1 saturated heterocycles. The molecule has 1 fully saturated rings. The number of nitrogens with one attached hydrogen (secondary N) is 1. The van der Waals surface area contributed by atoms with Gasteiger partial charge < -0.3 is 5.32 Å². The molecule has 5 nitrogen and oxygen atoms in total. The average Bonchev–Trinajstić information content (AvgIpc) is 3.40. The number of thiazole rings is 1. The Labute approximate surface area is 174 Å². The lowest BCUT2D eigenvalue weighted by atomic mass is 9.93. The largest absolute Gasteiger partial charge is 0.324 e. The second-order valence-electron chi connectivity index (χ2n) is 7.49. The summed E-state index contributed by atoms with van der Waals surface area (Å²) < 4.78 is 15.8. The minimum atomic E-state index is -0.395. The molecule has 0 unspecified atom stereocenters. The summed E-state index contributed by atoms with van der Waals surface area (Å²) in [4.78, 5) is 19.1. The monoisotopic (exact) mass is 412 g/mol. The van der Waals surface area contributed by atoms with Crippen LogP contribution in [0.5, 0.6) is 0 Å². The van der Waals surface area contributed by atoms with Gasteiger partial charge >= 0.3 is 0 Å². The van der Waals surface area contributed by atoms with Gasteiger partial charge in [0, 0.05) is 43.0 Å². The van der Waals surface area contributed by atoms with Crippen LogP contribution in [0.2, 0.25) is 0 Å². The van der Waals surface area contributed by atoms with Crippen LogP contribution in [0.3, 0.4) is 0 Å². The number of carbonyl (C=O) groups is 1. The van der Waals surface area contributed by atoms with Crippen LogP contribution in [0.15, 0.2) is 54.2 Å². The first-order chi connectivity index (χ1) is 14.2. The minimum absolute atomic E-state index is 0.120. The maximum absolute atomic E-state index is 13.7. The lowest BCUT2D eigenvalue weighted by Gasteiger charge is -2.32. The highest BCUT2D eigenvalue weighted by molar-refractivity contribution is 7.12. The Bertz CT molecular complexity index is 940. The lowest BCUT2D eigenvalue weighted by molar-refractivity contribution is -0.116. The Morgan fingerprint density at radius 3 is 3.00 bits per heavy atom. The number of nitrogens with zero attached hydrogens (tertiary/aromatic N) is 3. The number of anilines is 1. The summed E-state index contributed by atoms with van der Waals surface area (Å²) in [6.07, 6.45) is 7.40. The second kappa shape index (κ2) is 9.33. The highest BCUT2D eigenvalue weighted by Gasteiger charge is 2.22. The quantitative estimate of drug-likeness (QED) is 0.612. The van der Waals surface area contributed by atoms with Crippen LogP contribution in [0.1, 0.15) is 31.4 Å². The third-order valence-electron chi connectivity index (χ3n) is 5.37. The van der Waals surface area contributed by atoms with Gasteiger partial charge in [-0.15, -0.1) is 11.3 Å². The van der Waals surface area contributed by atoms with Crippen LogP contribution in [-0.2, 0) is 11.3 Å². The number of piperidine rings is 1. The van der Waals surface area contributed by atoms with E-state index in [1.54, 1.807) is 29.5 Å². The topological polar surface area (TPSA) is 50.2 Å². The van der Waals surface area contributed by atoms with Gasteiger partial charge in [0.1, 0.15) is 5.82 Å². The van der Waals surface area contributed by atoms with Gasteiger partial charge in [-0.1, -0.05) is 12.1 Å². The van der Waals surface area contributed by atoms with Gasteiger partial charge in [-0.2, -0.15) is 0 Å². The van der Waals surface area contributed by atoms with Gasteiger partial charge in [-0.3, -0.25) is 14.3 Å². The van der Waals surface area contributed by atoms with Crippen molar-refractivity contribution in [2.24, 2.45) is 5.92 Å². The minimum Gasteiger partial charge on any atom is -0.324 e. The molecule has 29 heavy (non-hydrogen) atoms. The summed E-state index contributed by atoms with van der Waals surface area (Å²) in [5.74, 6) is -0.0313. The number of halogens is 1. The molecular formula is C22H25FN4OS. The number of amides is 1. The van der Waals surface area contributed by atoms with E-state index in [2.05, 4.69) is 38.1 Å². The molecule has 1 aliphatic heterocycles. The average molecular weight is 413 g/mol. The first kappa shape index (κ1) is 19.8. The van der Waals surface area contributed by atoms with Crippen LogP contribution >= 0.6 is 11.3 Å². The molecule has 4 rings (SSSR count). The Balaban J connectivity index is 1.28. The van der Waals surface area contributed by atoms with Gasteiger partial charge in [0.25, 0.3) is 0 Å². The fourth-order valence-electron chi connectivity index (χ4n) is 3.94. The molecule has 3 heterocycles. The molecular weight excluding hydrogens is 387 g/mol. The summed E-state index contributed by atoms with van der Waals surface area (Å²) in [7, 11) is 0. The SMILES string of the molecule is O=C(CC[C@H]1CCCN(Cc2cccn2-c2nccs2)C1)Nc1ccccc1F. The predicted molar refractivity (Wildman–Crippen MR) is 114 cm³/mol. The van der Waals surface area contributed by atoms with Crippen LogP contribution in [-0.4, -0.2) is 33.4 Å². The smallest absolute Gasteiger partial charge is 0.224 e. The second-order valence-corrected chi connectivity index (χ2v) is 8.37. The molecule has 0 bridgehead atoms. The third kappa shape index (κ3) is 5.10. The van der Waals surface area contributed by atoms with Crippen LogP contribution in [0, 0.1) is 11.7 Å². The normalized spacial score (nSPS) is 17.3. The Morgan fingerprint density at radius 1 is 1.28 bits per heavy atom. The van der Waals surface area contributed by atoms with E-state index in [1.165, 1.54) is 11.8 Å². The van der Waals surface area contributed by atoms with Gasteiger partial charge in [0.05, 0.1) is 5.69 Å². The van der Waals surface area contributed by atoms with E-state index in [4.69, 9.17) is 0 Å². The fraction of sp³-hybridized carbons (Fsp3) is 0.364. The zero-order valence-electron chi connectivity index (χ0n) is 16.3. The molecule has 0 radical (unpaired) electrons. The van der Waals surface area contributed by atoms with Crippen molar-refractivity contribution in [1.82, 2.24) is 14.5 Å². The van der Waals surface area contributed by atoms with E-state index in [-0.39, 0.29) is 11.6 Å². The molecule has 1 aromatic carbocycles. The number of likely N-dealkylation sites (tertiary alicyclic amines) is 1. The maximum atomic E-state index is 13.7. The van der Waals surface area contributed by atoms with Crippen molar-refractivity contribution in [2.45, 2.75) is 32.2 Å². The van der Waals surface area contributed by atoms with Crippen molar-refractivity contribution in [2.75, 3.05) is 18.4 Å². The van der Waals surface area contributed by atoms with Crippen molar-refractivity contribution in [3.05, 3.63) is 65.7 Å². The van der Waals surface area contributed by atoms with E-state index >= 15 is 0 Å². The third-order valence-corrected chi connectivity index (χ3v) is 6.15. The molecule has 0 aliphatic carbocycles. The summed E-state index contributed by atoms with van der Waals surface area (Å²) in [6.45, 7) is 2.93. The van der Waals surface area contributed by atoms with E-state index < -0.39 is 5.82 Å². The van der Waals surface area contributed by atoms with Gasteiger partial charge in [-0.05, 0) is 56.0 Å². The van der Waals surface area contributed by atoms with E-state index in [9.17, 15) is 9.18 Å². The lowest BCUT2D eigenvalue weighted by Crippen LogP contribution is -2.35. The Morgan fingerprint density at radius 2 is 2.17 bits per heavy atom. The Kier molecular flexibility index (Phi) is 6.36. The standard InChI is InChI=1S/C22H25FN4OS/c23-19-7-1-2-8-20(19)25-21(28)10-9-17-5-3-12-26(15-17)16-18-6-4-13-27(18)22-24-11-14-29-22/h1-2,4,6-8,11,13-14,17H,3,5,9-10,12,15-16H2,(H,25,28)/t17-/m1/s1. The molecule has 1 atom stereocenters. The van der Waals surface area contributed by atoms with Crippen molar-refractivity contribution < 1.29 is 9.18 Å². The molecule has 2 aromatic heterocycles. The molecule has 1 N–H and O–H groups in total. The zero-order chi connectivity index (χ0) is 20.1. The molecule has 7 heteroatoms. The molecule has 0 saturated carbocycles. The summed E-state index contributed by atoms with van der Waals surface area (Å²) >= 11 is 1.63. The number of benzene rings is 1. The number of carbonyl (C=O) groups excluding carboxylic acids is 1. The van der Waals surface area contributed by atoms with E-state index in [1.807, 2.05) is 11.6 Å². The van der Waals surface area contributed by atoms with E-state index in [0.29, 0.717) is 12.3 Å². The summed E-state index contributed by atoms with van der Waals surface area (Å²) in [5.41, 5.74) is 1.49. The van der Waals surface area contributed by atoms with Gasteiger partial charge in [-0.25, -0.2) is 9.37 Å². The number of aromatic nitrogens is 2. The number of rotatable bonds is 7. The van der Waals surface area contributed by atoms with Crippen molar-refractivity contribution >= 4 is 22.9 Å². The van der Waals surface area contributed by atoms with Crippen molar-refractivity contribution in [1.29, 1.82) is 0 Å². The van der Waals surface area contributed by atoms with Gasteiger partial charge in [0.15, 0.2) is 5.13 Å². The van der Waals surface area contributed by atoms with Gasteiger partial charge in [0.2, 0.25) is 5.91 Å². The highest BCUT2D eigenvalue weighted by Crippen LogP contribution is 2.24. The number of hydrogen-bond acceptors (Lipinski definition) is 4. The molecule has 0 spiro atoms. The molecule has 3 aromatic rings. The Hall–Kier alpha value is -2.51. The fourth-order valence-corrected chi connectivity index (χ4v) is 4.59. The van der Waals surface area contributed by atoms with Crippen LogP contribution in [0.4, 0.5) is 10.1 Å². The van der Waals surface area contributed by atoms with Crippen LogP contribution in [0.25, 0.3) is 5.13 Å². The molecule has 1 aliphatic rings. The van der Waals surface area contributed by atoms with Crippen molar-refractivity contribution in [3.8, 4) is 5.13 Å². The maximum Gasteiger partial charge on any atom is 0.224 e. The number of hydrogen-bond donors (Lipinski definition) is 1. The van der Waals surface area contributed by atoms with E-state index in [0.717, 1.165) is 44.0 Å². The summed E-state index contributed by atoms with van der Waals surface area (Å²) in [6, 6.07) is 10.5. The predicted octanol–water partition coefficient (Wildman–Crippen LogP) is 4.70. The first-order valence-corrected chi connectivity index (χ1v) is 10.9. The van der Waals surface area contributed by atoms with Crippen LogP contribution < -0.4 is 5.32 Å². The highest BCUT2D eigenvalue weighted by atomic mass is 32.1. The zero-order valence-corrected chi connectivity index (χ0v) is 17.1. The van der Waals surface area contributed by atoms with Crippen molar-refractivity contribution in [3.63, 3.8) is 0 Å². The number of para-hydroxylation sites is 1. The molecule has 152 valence electrons. The summed E-state index contributed by atoms with van der Waals surface area (Å²) in [5, 5.41) is 5.66.